The van der Waals surface area contributed by atoms with E-state index in [9.17, 15) is 13.2 Å². The van der Waals surface area contributed by atoms with Gasteiger partial charge in [0.25, 0.3) is 15.9 Å². The third kappa shape index (κ3) is 3.90. The van der Waals surface area contributed by atoms with Crippen molar-refractivity contribution in [1.29, 1.82) is 0 Å². The molecule has 0 radical (unpaired) electrons. The van der Waals surface area contributed by atoms with Gasteiger partial charge in [-0.25, -0.2) is 18.1 Å². The third-order valence-electron chi connectivity index (χ3n) is 4.86. The normalized spacial score (nSPS) is 11.4. The molecule has 152 valence electrons. The number of anilines is 1. The van der Waals surface area contributed by atoms with E-state index < -0.39 is 10.0 Å². The van der Waals surface area contributed by atoms with Gasteiger partial charge in [-0.05, 0) is 73.5 Å². The van der Waals surface area contributed by atoms with Gasteiger partial charge in [-0.1, -0.05) is 18.2 Å². The zero-order chi connectivity index (χ0) is 21.3. The van der Waals surface area contributed by atoms with Gasteiger partial charge >= 0.3 is 0 Å². The fraction of sp³-hybridized carbons (Fsp3) is 0.0909. The highest BCUT2D eigenvalue weighted by molar-refractivity contribution is 7.92. The molecule has 0 saturated heterocycles. The first-order chi connectivity index (χ1) is 14.3. The van der Waals surface area contributed by atoms with Crippen LogP contribution in [0.25, 0.3) is 11.0 Å². The monoisotopic (exact) mass is 420 g/mol. The second-order valence-corrected chi connectivity index (χ2v) is 8.66. The van der Waals surface area contributed by atoms with E-state index in [-0.39, 0.29) is 10.8 Å². The fourth-order valence-electron chi connectivity index (χ4n) is 3.01. The van der Waals surface area contributed by atoms with Gasteiger partial charge in [-0.15, -0.1) is 0 Å². The van der Waals surface area contributed by atoms with Crippen LogP contribution in [0.15, 0.2) is 78.0 Å². The number of nitrogens with one attached hydrogen (secondary N) is 2. The van der Waals surface area contributed by atoms with Gasteiger partial charge in [0.05, 0.1) is 15.9 Å². The molecule has 4 rings (SSSR count). The Morgan fingerprint density at radius 2 is 1.67 bits per heavy atom. The van der Waals surface area contributed by atoms with Crippen molar-refractivity contribution in [2.24, 2.45) is 0 Å². The van der Waals surface area contributed by atoms with Crippen LogP contribution in [-0.4, -0.2) is 24.0 Å². The lowest BCUT2D eigenvalue weighted by Crippen LogP contribution is -2.22. The predicted octanol–water partition coefficient (Wildman–Crippen LogP) is 3.84. The number of aryl methyl sites for hydroxylation is 2. The molecule has 0 aliphatic carbocycles. The zero-order valence-electron chi connectivity index (χ0n) is 16.5. The van der Waals surface area contributed by atoms with Crippen LogP contribution in [0.1, 0.15) is 21.5 Å². The van der Waals surface area contributed by atoms with Gasteiger partial charge in [0, 0.05) is 11.3 Å². The van der Waals surface area contributed by atoms with Crippen molar-refractivity contribution in [3.8, 4) is 0 Å². The van der Waals surface area contributed by atoms with E-state index in [0.717, 1.165) is 22.2 Å². The minimum atomic E-state index is -3.71. The Bertz CT molecular complexity index is 1340. The average molecular weight is 420 g/mol. The summed E-state index contributed by atoms with van der Waals surface area (Å²) < 4.78 is 29.3. The van der Waals surface area contributed by atoms with Crippen molar-refractivity contribution in [3.05, 3.63) is 89.7 Å². The maximum Gasteiger partial charge on any atom is 0.270 e. The molecule has 1 aromatic heterocycles. The van der Waals surface area contributed by atoms with Crippen LogP contribution in [0, 0.1) is 13.8 Å². The molecule has 0 unspecified atom stereocenters. The lowest BCUT2D eigenvalue weighted by atomic mass is 10.1. The molecule has 0 spiro atoms. The number of fused-ring (bicyclic) bond motifs is 1. The summed E-state index contributed by atoms with van der Waals surface area (Å²) in [7, 11) is -3.71. The molecule has 1 amide bonds. The number of rotatable bonds is 5. The molecule has 8 heteroatoms. The Kier molecular flexibility index (Phi) is 5.01. The quantitative estimate of drug-likeness (QED) is 0.513. The van der Waals surface area contributed by atoms with Crippen LogP contribution in [0.2, 0.25) is 0 Å². The van der Waals surface area contributed by atoms with E-state index in [2.05, 4.69) is 15.1 Å². The molecular formula is C22H20N4O3S. The number of imidazole rings is 1. The number of carbonyl (C=O) groups excluding carboxylic acids is 1. The number of carbonyl (C=O) groups is 1. The molecule has 0 bridgehead atoms. The zero-order valence-corrected chi connectivity index (χ0v) is 17.3. The van der Waals surface area contributed by atoms with Crippen LogP contribution in [-0.2, 0) is 10.0 Å². The molecule has 2 N–H and O–H groups in total. The molecule has 0 aliphatic heterocycles. The SMILES string of the molecule is Cc1ccc(S(=O)(=O)Nc2ccc(C(=O)Nn3cnc4ccccc43)cc2)cc1C. The predicted molar refractivity (Wildman–Crippen MR) is 117 cm³/mol. The van der Waals surface area contributed by atoms with Crippen molar-refractivity contribution < 1.29 is 13.2 Å². The molecule has 0 saturated carbocycles. The Morgan fingerprint density at radius 1 is 0.933 bits per heavy atom. The summed E-state index contributed by atoms with van der Waals surface area (Å²) in [6.45, 7) is 3.79. The molecule has 7 nitrogen and oxygen atoms in total. The summed E-state index contributed by atoms with van der Waals surface area (Å²) in [5, 5.41) is 0. The van der Waals surface area contributed by atoms with E-state index in [0.29, 0.717) is 11.3 Å². The number of hydrogen-bond donors (Lipinski definition) is 2. The summed E-state index contributed by atoms with van der Waals surface area (Å²) in [6, 6.07) is 18.7. The minimum absolute atomic E-state index is 0.194. The number of benzene rings is 3. The largest absolute Gasteiger partial charge is 0.280 e. The van der Waals surface area contributed by atoms with E-state index in [1.807, 2.05) is 38.1 Å². The maximum atomic E-state index is 12.6. The summed E-state index contributed by atoms with van der Waals surface area (Å²) in [6.07, 6.45) is 1.54. The van der Waals surface area contributed by atoms with Crippen molar-refractivity contribution in [2.45, 2.75) is 18.7 Å². The van der Waals surface area contributed by atoms with Crippen LogP contribution in [0.4, 0.5) is 5.69 Å². The summed E-state index contributed by atoms with van der Waals surface area (Å²) in [5.74, 6) is -0.332. The van der Waals surface area contributed by atoms with E-state index >= 15 is 0 Å². The molecule has 1 heterocycles. The summed E-state index contributed by atoms with van der Waals surface area (Å²) in [4.78, 5) is 17.0. The standard InChI is InChI=1S/C22H20N4O3S/c1-15-7-12-19(13-16(15)2)30(28,29)25-18-10-8-17(9-11-18)22(27)24-26-14-23-20-5-3-4-6-21(20)26/h3-14,25H,1-2H3,(H,24,27). The fourth-order valence-corrected chi connectivity index (χ4v) is 4.15. The van der Waals surface area contributed by atoms with E-state index in [1.165, 1.54) is 6.33 Å². The number of amides is 1. The average Bonchev–Trinajstić information content (AvgIpc) is 3.13. The maximum absolute atomic E-state index is 12.6. The second kappa shape index (κ2) is 7.64. The first kappa shape index (κ1) is 19.7. The van der Waals surface area contributed by atoms with E-state index in [1.54, 1.807) is 47.1 Å². The third-order valence-corrected chi connectivity index (χ3v) is 6.24. The highest BCUT2D eigenvalue weighted by Crippen LogP contribution is 2.19. The van der Waals surface area contributed by atoms with Gasteiger partial charge in [0.15, 0.2) is 0 Å². The molecule has 4 aromatic rings. The van der Waals surface area contributed by atoms with Gasteiger partial charge in [-0.2, -0.15) is 0 Å². The van der Waals surface area contributed by atoms with Gasteiger partial charge in [0.2, 0.25) is 0 Å². The topological polar surface area (TPSA) is 93.1 Å². The molecule has 0 aliphatic rings. The second-order valence-electron chi connectivity index (χ2n) is 6.97. The number of para-hydroxylation sites is 2. The Morgan fingerprint density at radius 3 is 2.40 bits per heavy atom. The molecule has 0 atom stereocenters. The van der Waals surface area contributed by atoms with E-state index in [4.69, 9.17) is 0 Å². The summed E-state index contributed by atoms with van der Waals surface area (Å²) in [5.41, 5.74) is 7.00. The van der Waals surface area contributed by atoms with Crippen LogP contribution >= 0.6 is 0 Å². The van der Waals surface area contributed by atoms with Crippen LogP contribution < -0.4 is 10.1 Å². The first-order valence-electron chi connectivity index (χ1n) is 9.27. The Balaban J connectivity index is 1.49. The highest BCUT2D eigenvalue weighted by Gasteiger charge is 2.15. The van der Waals surface area contributed by atoms with Crippen molar-refractivity contribution in [1.82, 2.24) is 9.66 Å². The lowest BCUT2D eigenvalue weighted by Gasteiger charge is -2.11. The molecule has 0 fully saturated rings. The number of nitrogens with zero attached hydrogens (tertiary/aromatic N) is 2. The van der Waals surface area contributed by atoms with Gasteiger partial charge < -0.3 is 0 Å². The minimum Gasteiger partial charge on any atom is -0.280 e. The highest BCUT2D eigenvalue weighted by atomic mass is 32.2. The molecule has 3 aromatic carbocycles. The Labute approximate surface area is 174 Å². The smallest absolute Gasteiger partial charge is 0.270 e. The number of aromatic nitrogens is 2. The van der Waals surface area contributed by atoms with Crippen molar-refractivity contribution in [2.75, 3.05) is 10.1 Å². The first-order valence-corrected chi connectivity index (χ1v) is 10.8. The van der Waals surface area contributed by atoms with Crippen LogP contribution in [0.3, 0.4) is 0 Å². The molecule has 30 heavy (non-hydrogen) atoms. The number of sulfonamides is 1. The summed E-state index contributed by atoms with van der Waals surface area (Å²) >= 11 is 0. The number of hydrogen-bond acceptors (Lipinski definition) is 4. The van der Waals surface area contributed by atoms with Gasteiger partial charge in [-0.3, -0.25) is 14.9 Å². The lowest BCUT2D eigenvalue weighted by molar-refractivity contribution is 0.101. The van der Waals surface area contributed by atoms with Crippen molar-refractivity contribution >= 4 is 32.7 Å². The van der Waals surface area contributed by atoms with Crippen LogP contribution in [0.5, 0.6) is 0 Å². The van der Waals surface area contributed by atoms with Crippen molar-refractivity contribution in [3.63, 3.8) is 0 Å². The molecular weight excluding hydrogens is 400 g/mol. The Hall–Kier alpha value is -3.65. The van der Waals surface area contributed by atoms with Gasteiger partial charge in [0.1, 0.15) is 6.33 Å².